The third-order valence-corrected chi connectivity index (χ3v) is 8.37. The van der Waals surface area contributed by atoms with Gasteiger partial charge in [0.1, 0.15) is 0 Å². The van der Waals surface area contributed by atoms with E-state index in [0.29, 0.717) is 24.5 Å². The fourth-order valence-electron chi connectivity index (χ4n) is 4.25. The highest BCUT2D eigenvalue weighted by Crippen LogP contribution is 2.22. The van der Waals surface area contributed by atoms with Gasteiger partial charge in [-0.1, -0.05) is 12.1 Å². The maximum atomic E-state index is 13.5. The van der Waals surface area contributed by atoms with Crippen molar-refractivity contribution in [1.82, 2.24) is 19.4 Å². The van der Waals surface area contributed by atoms with Crippen LogP contribution in [0.3, 0.4) is 0 Å². The van der Waals surface area contributed by atoms with Gasteiger partial charge in [0.15, 0.2) is 0 Å². The standard InChI is InChI=1S/C22H36N4O3S.C2HF3O2/c1-19-6-7-20(2)21(18-19)30(28,29)26(14-5-13-24-11-3-4-12-24)15-8-22(27)25-16-9-23-10-17-25;3-2(4,5)1(6)7/h6-7,18,23H,3-5,8-17H2,1-2H3;(H,6,7). The average Bonchev–Trinajstić information content (AvgIpc) is 3.36. The summed E-state index contributed by atoms with van der Waals surface area (Å²) < 4.78 is 60.3. The Morgan fingerprint density at radius 2 is 1.65 bits per heavy atom. The third kappa shape index (κ3) is 9.87. The maximum absolute atomic E-state index is 13.5. The summed E-state index contributed by atoms with van der Waals surface area (Å²) in [5.41, 5.74) is 1.67. The van der Waals surface area contributed by atoms with Gasteiger partial charge in [-0.05, 0) is 69.9 Å². The molecule has 0 aromatic heterocycles. The van der Waals surface area contributed by atoms with E-state index < -0.39 is 22.2 Å². The summed E-state index contributed by atoms with van der Waals surface area (Å²) in [7, 11) is -3.64. The first kappa shape index (κ1) is 31.0. The molecule has 1 aromatic rings. The molecule has 2 saturated heterocycles. The Hall–Kier alpha value is -2.22. The number of carbonyl (C=O) groups excluding carboxylic acids is 1. The highest BCUT2D eigenvalue weighted by Gasteiger charge is 2.38. The van der Waals surface area contributed by atoms with E-state index in [1.54, 1.807) is 6.07 Å². The van der Waals surface area contributed by atoms with Crippen LogP contribution in [0.4, 0.5) is 13.2 Å². The van der Waals surface area contributed by atoms with Gasteiger partial charge in [-0.2, -0.15) is 17.5 Å². The van der Waals surface area contributed by atoms with Crippen LogP contribution in [-0.2, 0) is 19.6 Å². The highest BCUT2D eigenvalue weighted by atomic mass is 32.2. The summed E-state index contributed by atoms with van der Waals surface area (Å²) in [6.07, 6.45) is -1.62. The Kier molecular flexibility index (Phi) is 11.8. The zero-order valence-corrected chi connectivity index (χ0v) is 22.2. The number of halogens is 3. The van der Waals surface area contributed by atoms with Crippen molar-refractivity contribution in [3.63, 3.8) is 0 Å². The van der Waals surface area contributed by atoms with Crippen LogP contribution in [0.1, 0.15) is 36.8 Å². The molecule has 0 spiro atoms. The molecule has 2 heterocycles. The Balaban J connectivity index is 0.000000604. The van der Waals surface area contributed by atoms with Crippen LogP contribution in [-0.4, -0.2) is 105 Å². The van der Waals surface area contributed by atoms with Crippen LogP contribution in [0.25, 0.3) is 0 Å². The number of benzene rings is 1. The second kappa shape index (κ2) is 14.1. The number of carboxylic acid groups (broad SMARTS) is 1. The first-order chi connectivity index (χ1) is 17.3. The first-order valence-electron chi connectivity index (χ1n) is 12.4. The van der Waals surface area contributed by atoms with Crippen molar-refractivity contribution in [3.8, 4) is 0 Å². The molecule has 2 aliphatic heterocycles. The van der Waals surface area contributed by atoms with Gasteiger partial charge in [-0.3, -0.25) is 4.79 Å². The van der Waals surface area contributed by atoms with Crippen LogP contribution < -0.4 is 5.32 Å². The number of sulfonamides is 1. The van der Waals surface area contributed by atoms with Gasteiger partial charge in [-0.15, -0.1) is 0 Å². The van der Waals surface area contributed by atoms with Crippen molar-refractivity contribution in [2.45, 2.75) is 50.6 Å². The number of hydrogen-bond acceptors (Lipinski definition) is 6. The van der Waals surface area contributed by atoms with Crippen LogP contribution in [0.15, 0.2) is 23.1 Å². The lowest BCUT2D eigenvalue weighted by atomic mass is 10.2. The van der Waals surface area contributed by atoms with Gasteiger partial charge in [0.2, 0.25) is 15.9 Å². The van der Waals surface area contributed by atoms with Gasteiger partial charge in [0.05, 0.1) is 4.90 Å². The van der Waals surface area contributed by atoms with Crippen molar-refractivity contribution >= 4 is 21.9 Å². The number of nitrogens with zero attached hydrogens (tertiary/aromatic N) is 3. The fourth-order valence-corrected chi connectivity index (χ4v) is 6.04. The van der Waals surface area contributed by atoms with Gasteiger partial charge >= 0.3 is 12.1 Å². The molecule has 210 valence electrons. The quantitative estimate of drug-likeness (QED) is 0.485. The highest BCUT2D eigenvalue weighted by molar-refractivity contribution is 7.89. The number of amides is 1. The lowest BCUT2D eigenvalue weighted by Gasteiger charge is -2.29. The van der Waals surface area contributed by atoms with Crippen LogP contribution in [0, 0.1) is 13.8 Å². The summed E-state index contributed by atoms with van der Waals surface area (Å²) in [6.45, 7) is 10.5. The molecule has 0 atom stereocenters. The van der Waals surface area contributed by atoms with E-state index in [2.05, 4.69) is 10.2 Å². The van der Waals surface area contributed by atoms with Crippen molar-refractivity contribution in [3.05, 3.63) is 29.3 Å². The van der Waals surface area contributed by atoms with Crippen molar-refractivity contribution in [2.75, 3.05) is 58.9 Å². The molecule has 37 heavy (non-hydrogen) atoms. The number of carbonyl (C=O) groups is 2. The molecule has 9 nitrogen and oxygen atoms in total. The van der Waals surface area contributed by atoms with Crippen LogP contribution in [0.2, 0.25) is 0 Å². The topological polar surface area (TPSA) is 110 Å². The molecule has 0 saturated carbocycles. The SMILES string of the molecule is Cc1ccc(C)c(S(=O)(=O)N(CCCN2CCCC2)CCC(=O)N2CCNCC2)c1.O=C(O)C(F)(F)F. The Labute approximate surface area is 216 Å². The Morgan fingerprint density at radius 3 is 2.22 bits per heavy atom. The summed E-state index contributed by atoms with van der Waals surface area (Å²) in [5.74, 6) is -2.72. The smallest absolute Gasteiger partial charge is 0.475 e. The van der Waals surface area contributed by atoms with E-state index in [1.807, 2.05) is 30.9 Å². The van der Waals surface area contributed by atoms with Gasteiger partial charge in [0, 0.05) is 45.7 Å². The molecule has 2 fully saturated rings. The molecule has 3 rings (SSSR count). The summed E-state index contributed by atoms with van der Waals surface area (Å²) >= 11 is 0. The molecule has 0 aliphatic carbocycles. The Bertz CT molecular complexity index is 1010. The number of likely N-dealkylation sites (tertiary alicyclic amines) is 1. The maximum Gasteiger partial charge on any atom is 0.490 e. The predicted octanol–water partition coefficient (Wildman–Crippen LogP) is 2.24. The van der Waals surface area contributed by atoms with E-state index in [0.717, 1.165) is 50.3 Å². The molecule has 0 bridgehead atoms. The molecule has 2 N–H and O–H groups in total. The van der Waals surface area contributed by atoms with E-state index in [1.165, 1.54) is 17.1 Å². The van der Waals surface area contributed by atoms with Gasteiger partial charge in [-0.25, -0.2) is 13.2 Å². The number of nitrogens with one attached hydrogen (secondary N) is 1. The average molecular weight is 551 g/mol. The lowest BCUT2D eigenvalue weighted by Crippen LogP contribution is -2.47. The number of hydrogen-bond donors (Lipinski definition) is 2. The van der Waals surface area contributed by atoms with Gasteiger partial charge in [0.25, 0.3) is 0 Å². The minimum absolute atomic E-state index is 0.0391. The zero-order valence-electron chi connectivity index (χ0n) is 21.4. The lowest BCUT2D eigenvalue weighted by molar-refractivity contribution is -0.192. The van der Waals surface area contributed by atoms with Crippen molar-refractivity contribution < 1.29 is 36.3 Å². The summed E-state index contributed by atoms with van der Waals surface area (Å²) in [6, 6.07) is 5.53. The van der Waals surface area contributed by atoms with Crippen molar-refractivity contribution in [1.29, 1.82) is 0 Å². The van der Waals surface area contributed by atoms with Crippen molar-refractivity contribution in [2.24, 2.45) is 0 Å². The number of carboxylic acids is 1. The molecule has 0 unspecified atom stereocenters. The fraction of sp³-hybridized carbons (Fsp3) is 0.667. The third-order valence-electron chi connectivity index (χ3n) is 6.33. The number of aliphatic carboxylic acids is 1. The molecule has 0 radical (unpaired) electrons. The van der Waals surface area contributed by atoms with E-state index in [9.17, 15) is 26.4 Å². The number of rotatable bonds is 9. The summed E-state index contributed by atoms with van der Waals surface area (Å²) in [5, 5.41) is 10.4. The predicted molar refractivity (Wildman–Crippen MR) is 133 cm³/mol. The minimum Gasteiger partial charge on any atom is -0.475 e. The largest absolute Gasteiger partial charge is 0.490 e. The van der Waals surface area contributed by atoms with E-state index >= 15 is 0 Å². The monoisotopic (exact) mass is 550 g/mol. The molecule has 13 heteroatoms. The molecule has 1 amide bonds. The molecule has 2 aliphatic rings. The molecule has 1 aromatic carbocycles. The Morgan fingerprint density at radius 1 is 1.05 bits per heavy atom. The first-order valence-corrected chi connectivity index (χ1v) is 13.8. The minimum atomic E-state index is -5.08. The van der Waals surface area contributed by atoms with Crippen LogP contribution >= 0.6 is 0 Å². The number of aryl methyl sites for hydroxylation is 2. The second-order valence-corrected chi connectivity index (χ2v) is 11.2. The van der Waals surface area contributed by atoms with E-state index in [4.69, 9.17) is 9.90 Å². The van der Waals surface area contributed by atoms with E-state index in [-0.39, 0.29) is 18.9 Å². The number of alkyl halides is 3. The van der Waals surface area contributed by atoms with Crippen LogP contribution in [0.5, 0.6) is 0 Å². The molecular weight excluding hydrogens is 513 g/mol. The van der Waals surface area contributed by atoms with Gasteiger partial charge < -0.3 is 20.2 Å². The summed E-state index contributed by atoms with van der Waals surface area (Å²) in [4.78, 5) is 26.1. The second-order valence-electron chi connectivity index (χ2n) is 9.26. The normalized spacial score (nSPS) is 17.0. The molecular formula is C24H37F3N4O5S. The number of piperazine rings is 1. The zero-order chi connectivity index (χ0) is 27.6.